The van der Waals surface area contributed by atoms with Gasteiger partial charge in [-0.1, -0.05) is 48.0 Å². The molecular formula is C29H23ClN4O. The van der Waals surface area contributed by atoms with Crippen LogP contribution in [-0.2, 0) is 0 Å². The summed E-state index contributed by atoms with van der Waals surface area (Å²) >= 11 is 6.38. The molecule has 4 aromatic carbocycles. The number of hydrogen-bond donors (Lipinski definition) is 1. The van der Waals surface area contributed by atoms with E-state index in [1.54, 1.807) is 7.11 Å². The van der Waals surface area contributed by atoms with Crippen molar-refractivity contribution in [1.29, 1.82) is 0 Å². The Balaban J connectivity index is 1.80. The number of benzene rings is 4. The van der Waals surface area contributed by atoms with E-state index in [9.17, 15) is 0 Å². The van der Waals surface area contributed by atoms with Gasteiger partial charge in [0.05, 0.1) is 40.6 Å². The molecule has 0 spiro atoms. The fraction of sp³-hybridized carbons (Fsp3) is 0.103. The third-order valence-corrected chi connectivity index (χ3v) is 6.60. The van der Waals surface area contributed by atoms with E-state index in [4.69, 9.17) is 32.0 Å². The van der Waals surface area contributed by atoms with E-state index in [-0.39, 0.29) is 0 Å². The number of methoxy groups -OCH3 is 1. The van der Waals surface area contributed by atoms with Crippen LogP contribution in [0.2, 0.25) is 5.02 Å². The van der Waals surface area contributed by atoms with Crippen molar-refractivity contribution in [3.05, 3.63) is 90.0 Å². The van der Waals surface area contributed by atoms with Crippen molar-refractivity contribution < 1.29 is 4.74 Å². The lowest BCUT2D eigenvalue weighted by molar-refractivity contribution is 0.415. The molecule has 0 amide bonds. The Hall–Kier alpha value is -3.93. The Bertz CT molecular complexity index is 1680. The quantitative estimate of drug-likeness (QED) is 0.274. The standard InChI is InChI=1S/C29H23ClN4O/c1-35-19-11-13-26-23(17-19)29(22-12-10-18(30)16-27(22)33-26)34(15-14-31)28-20-6-2-4-8-24(20)32-25-9-5-3-7-21(25)28/h2-13,16-17H,14-15,31H2,1H3. The number of anilines is 2. The van der Waals surface area contributed by atoms with E-state index in [0.29, 0.717) is 18.1 Å². The van der Waals surface area contributed by atoms with E-state index in [2.05, 4.69) is 41.3 Å². The fourth-order valence-corrected chi connectivity index (χ4v) is 5.03. The van der Waals surface area contributed by atoms with E-state index in [1.165, 1.54) is 0 Å². The van der Waals surface area contributed by atoms with Gasteiger partial charge in [0.25, 0.3) is 0 Å². The number of halogens is 1. The minimum absolute atomic E-state index is 0.466. The zero-order valence-electron chi connectivity index (χ0n) is 19.2. The van der Waals surface area contributed by atoms with Crippen LogP contribution in [0.3, 0.4) is 0 Å². The molecule has 2 heterocycles. The smallest absolute Gasteiger partial charge is 0.119 e. The van der Waals surface area contributed by atoms with Crippen LogP contribution in [0.1, 0.15) is 0 Å². The predicted octanol–water partition coefficient (Wildman–Crippen LogP) is 6.85. The van der Waals surface area contributed by atoms with Gasteiger partial charge in [-0.15, -0.1) is 0 Å². The first-order chi connectivity index (χ1) is 17.2. The van der Waals surface area contributed by atoms with Crippen LogP contribution in [0.25, 0.3) is 43.6 Å². The summed E-state index contributed by atoms with van der Waals surface area (Å²) in [5.74, 6) is 0.769. The topological polar surface area (TPSA) is 64.3 Å². The van der Waals surface area contributed by atoms with Crippen LogP contribution in [0.4, 0.5) is 11.4 Å². The van der Waals surface area contributed by atoms with Crippen molar-refractivity contribution in [2.75, 3.05) is 25.1 Å². The van der Waals surface area contributed by atoms with E-state index in [1.807, 2.05) is 48.5 Å². The molecule has 0 saturated carbocycles. The fourth-order valence-electron chi connectivity index (χ4n) is 4.87. The molecule has 0 saturated heterocycles. The highest BCUT2D eigenvalue weighted by molar-refractivity contribution is 6.31. The van der Waals surface area contributed by atoms with E-state index in [0.717, 1.165) is 60.7 Å². The maximum absolute atomic E-state index is 6.38. The molecule has 2 N–H and O–H groups in total. The first kappa shape index (κ1) is 21.6. The van der Waals surface area contributed by atoms with Crippen molar-refractivity contribution in [1.82, 2.24) is 9.97 Å². The number of ether oxygens (including phenoxy) is 1. The van der Waals surface area contributed by atoms with E-state index < -0.39 is 0 Å². The summed E-state index contributed by atoms with van der Waals surface area (Å²) in [6, 6.07) is 28.3. The summed E-state index contributed by atoms with van der Waals surface area (Å²) < 4.78 is 5.59. The Kier molecular flexibility index (Phi) is 5.36. The monoisotopic (exact) mass is 478 g/mol. The lowest BCUT2D eigenvalue weighted by Crippen LogP contribution is -2.26. The number of rotatable bonds is 5. The summed E-state index contributed by atoms with van der Waals surface area (Å²) in [5.41, 5.74) is 11.9. The highest BCUT2D eigenvalue weighted by atomic mass is 35.5. The Morgan fingerprint density at radius 3 is 2.00 bits per heavy atom. The van der Waals surface area contributed by atoms with Gasteiger partial charge in [-0.05, 0) is 48.5 Å². The number of para-hydroxylation sites is 2. The highest BCUT2D eigenvalue weighted by Gasteiger charge is 2.22. The van der Waals surface area contributed by atoms with Crippen LogP contribution in [-0.4, -0.2) is 30.2 Å². The van der Waals surface area contributed by atoms with Crippen LogP contribution >= 0.6 is 11.6 Å². The highest BCUT2D eigenvalue weighted by Crippen LogP contribution is 2.44. The van der Waals surface area contributed by atoms with E-state index >= 15 is 0 Å². The van der Waals surface area contributed by atoms with Crippen molar-refractivity contribution in [3.63, 3.8) is 0 Å². The summed E-state index contributed by atoms with van der Waals surface area (Å²) in [7, 11) is 1.68. The van der Waals surface area contributed by atoms with Crippen LogP contribution in [0.15, 0.2) is 84.9 Å². The number of aromatic nitrogens is 2. The zero-order chi connectivity index (χ0) is 23.9. The van der Waals surface area contributed by atoms with Gasteiger partial charge in [0.2, 0.25) is 0 Å². The molecule has 0 fully saturated rings. The second kappa shape index (κ2) is 8.69. The molecule has 0 radical (unpaired) electrons. The van der Waals surface area contributed by atoms with Gasteiger partial charge < -0.3 is 15.4 Å². The number of nitrogens with two attached hydrogens (primary N) is 1. The van der Waals surface area contributed by atoms with Crippen molar-refractivity contribution >= 4 is 66.6 Å². The molecule has 2 aromatic heterocycles. The van der Waals surface area contributed by atoms with Gasteiger partial charge in [0.15, 0.2) is 0 Å². The third-order valence-electron chi connectivity index (χ3n) is 6.37. The van der Waals surface area contributed by atoms with Gasteiger partial charge in [-0.3, -0.25) is 0 Å². The maximum atomic E-state index is 6.38. The van der Waals surface area contributed by atoms with Gasteiger partial charge in [-0.25, -0.2) is 9.97 Å². The number of pyridine rings is 2. The maximum Gasteiger partial charge on any atom is 0.119 e. The Morgan fingerprint density at radius 2 is 1.31 bits per heavy atom. The lowest BCUT2D eigenvalue weighted by atomic mass is 10.0. The predicted molar refractivity (Wildman–Crippen MR) is 146 cm³/mol. The Morgan fingerprint density at radius 1 is 0.714 bits per heavy atom. The SMILES string of the molecule is COc1ccc2nc3cc(Cl)ccc3c(N(CCN)c3c4ccccc4nc4ccccc34)c2c1. The minimum Gasteiger partial charge on any atom is -0.497 e. The summed E-state index contributed by atoms with van der Waals surface area (Å²) in [5, 5.41) is 4.75. The molecule has 0 bridgehead atoms. The molecule has 6 heteroatoms. The second-order valence-corrected chi connectivity index (χ2v) is 8.88. The first-order valence-electron chi connectivity index (χ1n) is 11.5. The molecule has 0 unspecified atom stereocenters. The van der Waals surface area contributed by atoms with Gasteiger partial charge >= 0.3 is 0 Å². The lowest BCUT2D eigenvalue weighted by Gasteiger charge is -2.30. The summed E-state index contributed by atoms with van der Waals surface area (Å²) in [6.07, 6.45) is 0. The third kappa shape index (κ3) is 3.60. The van der Waals surface area contributed by atoms with Crippen molar-refractivity contribution in [2.45, 2.75) is 0 Å². The normalized spacial score (nSPS) is 11.5. The molecule has 0 aliphatic carbocycles. The molecule has 6 rings (SSSR count). The first-order valence-corrected chi connectivity index (χ1v) is 11.9. The average molecular weight is 479 g/mol. The number of fused-ring (bicyclic) bond motifs is 4. The molecule has 35 heavy (non-hydrogen) atoms. The zero-order valence-corrected chi connectivity index (χ0v) is 20.0. The molecular weight excluding hydrogens is 456 g/mol. The van der Waals surface area contributed by atoms with Crippen LogP contribution in [0, 0.1) is 0 Å². The van der Waals surface area contributed by atoms with Crippen LogP contribution < -0.4 is 15.4 Å². The van der Waals surface area contributed by atoms with Gasteiger partial charge in [0.1, 0.15) is 5.75 Å². The van der Waals surface area contributed by atoms with Gasteiger partial charge in [-0.2, -0.15) is 0 Å². The summed E-state index contributed by atoms with van der Waals surface area (Å²) in [4.78, 5) is 12.2. The minimum atomic E-state index is 0.466. The largest absolute Gasteiger partial charge is 0.497 e. The van der Waals surface area contributed by atoms with Crippen molar-refractivity contribution in [3.8, 4) is 5.75 Å². The van der Waals surface area contributed by atoms with Crippen molar-refractivity contribution in [2.24, 2.45) is 5.73 Å². The van der Waals surface area contributed by atoms with Gasteiger partial charge in [0, 0.05) is 39.7 Å². The second-order valence-electron chi connectivity index (χ2n) is 8.44. The summed E-state index contributed by atoms with van der Waals surface area (Å²) in [6.45, 7) is 1.07. The molecule has 0 atom stereocenters. The average Bonchev–Trinajstić information content (AvgIpc) is 2.89. The Labute approximate surface area is 207 Å². The number of hydrogen-bond acceptors (Lipinski definition) is 5. The molecule has 5 nitrogen and oxygen atoms in total. The molecule has 0 aliphatic heterocycles. The molecule has 172 valence electrons. The molecule has 6 aromatic rings. The molecule has 0 aliphatic rings. The number of nitrogens with zero attached hydrogens (tertiary/aromatic N) is 3. The van der Waals surface area contributed by atoms with Crippen LogP contribution in [0.5, 0.6) is 5.75 Å².